The van der Waals surface area contributed by atoms with Crippen molar-refractivity contribution in [1.82, 2.24) is 5.32 Å². The molecule has 0 aliphatic heterocycles. The van der Waals surface area contributed by atoms with Crippen LogP contribution < -0.4 is 24.3 Å². The van der Waals surface area contributed by atoms with Gasteiger partial charge in [0, 0.05) is 32.2 Å². The highest BCUT2D eigenvalue weighted by Gasteiger charge is 2.16. The van der Waals surface area contributed by atoms with E-state index in [0.29, 0.717) is 28.1 Å². The summed E-state index contributed by atoms with van der Waals surface area (Å²) < 4.78 is 23.3. The van der Waals surface area contributed by atoms with Crippen molar-refractivity contribution in [2.24, 2.45) is 0 Å². The van der Waals surface area contributed by atoms with Crippen LogP contribution in [0.2, 0.25) is 10.0 Å². The van der Waals surface area contributed by atoms with Crippen molar-refractivity contribution in [3.05, 3.63) is 79.7 Å². The van der Waals surface area contributed by atoms with Crippen molar-refractivity contribution < 1.29 is 18.9 Å². The molecule has 0 aliphatic rings. The second kappa shape index (κ2) is 12.4. The fourth-order valence-electron chi connectivity index (χ4n) is 3.36. The smallest absolute Gasteiger partial charge is 0.167 e. The van der Waals surface area contributed by atoms with Gasteiger partial charge in [0.25, 0.3) is 0 Å². The molecular formula is C25H26BrCl2NO4. The average molecular weight is 555 g/mol. The van der Waals surface area contributed by atoms with E-state index in [1.165, 1.54) is 0 Å². The zero-order valence-electron chi connectivity index (χ0n) is 18.7. The monoisotopic (exact) mass is 553 g/mol. The van der Waals surface area contributed by atoms with E-state index in [2.05, 4.69) is 21.2 Å². The number of benzene rings is 3. The molecule has 0 bridgehead atoms. The van der Waals surface area contributed by atoms with Crippen LogP contribution in [0.4, 0.5) is 0 Å². The molecule has 0 spiro atoms. The lowest BCUT2D eigenvalue weighted by Crippen LogP contribution is -2.18. The van der Waals surface area contributed by atoms with E-state index >= 15 is 0 Å². The van der Waals surface area contributed by atoms with Gasteiger partial charge in [0.1, 0.15) is 6.61 Å². The first-order valence-electron chi connectivity index (χ1n) is 10.3. The van der Waals surface area contributed by atoms with Gasteiger partial charge >= 0.3 is 0 Å². The number of ether oxygens (including phenoxy) is 4. The standard InChI is InChI=1S/C25H26BrCl2NO4/c1-30-22-9-7-16(13-24(22)32-3)11-12-29-14-17-19(26)8-10-23(31-2)25(17)33-15-18-20(27)5-4-6-21(18)28/h4-10,13,29H,11-12,14-15H2,1-3H3. The quantitative estimate of drug-likeness (QED) is 0.267. The summed E-state index contributed by atoms with van der Waals surface area (Å²) in [5, 5.41) is 4.60. The third kappa shape index (κ3) is 6.48. The van der Waals surface area contributed by atoms with Gasteiger partial charge in [-0.25, -0.2) is 0 Å². The van der Waals surface area contributed by atoms with E-state index < -0.39 is 0 Å². The lowest BCUT2D eigenvalue weighted by atomic mass is 10.1. The summed E-state index contributed by atoms with van der Waals surface area (Å²) in [7, 11) is 4.88. The minimum absolute atomic E-state index is 0.226. The highest BCUT2D eigenvalue weighted by Crippen LogP contribution is 2.38. The maximum Gasteiger partial charge on any atom is 0.167 e. The maximum absolute atomic E-state index is 6.31. The Morgan fingerprint density at radius 3 is 2.15 bits per heavy atom. The highest BCUT2D eigenvalue weighted by molar-refractivity contribution is 9.10. The Bertz CT molecular complexity index is 1070. The second-order valence-corrected chi connectivity index (χ2v) is 8.83. The molecule has 0 saturated heterocycles. The molecule has 33 heavy (non-hydrogen) atoms. The van der Waals surface area contributed by atoms with Crippen molar-refractivity contribution in [3.63, 3.8) is 0 Å². The molecule has 1 N–H and O–H groups in total. The van der Waals surface area contributed by atoms with Gasteiger partial charge in [-0.3, -0.25) is 0 Å². The van der Waals surface area contributed by atoms with Crippen molar-refractivity contribution in [3.8, 4) is 23.0 Å². The molecule has 3 aromatic carbocycles. The summed E-state index contributed by atoms with van der Waals surface area (Å²) in [5.74, 6) is 2.72. The van der Waals surface area contributed by atoms with Gasteiger partial charge in [-0.05, 0) is 54.9 Å². The molecular weight excluding hydrogens is 529 g/mol. The van der Waals surface area contributed by atoms with Gasteiger partial charge in [-0.2, -0.15) is 0 Å². The number of hydrogen-bond donors (Lipinski definition) is 1. The lowest BCUT2D eigenvalue weighted by Gasteiger charge is -2.18. The minimum atomic E-state index is 0.226. The molecule has 0 amide bonds. The van der Waals surface area contributed by atoms with Crippen LogP contribution in [0.1, 0.15) is 16.7 Å². The van der Waals surface area contributed by atoms with E-state index in [1.54, 1.807) is 33.5 Å². The van der Waals surface area contributed by atoms with E-state index in [-0.39, 0.29) is 6.61 Å². The third-order valence-corrected chi connectivity index (χ3v) is 6.60. The zero-order valence-corrected chi connectivity index (χ0v) is 21.8. The molecule has 0 saturated carbocycles. The largest absolute Gasteiger partial charge is 0.493 e. The Balaban J connectivity index is 1.70. The summed E-state index contributed by atoms with van der Waals surface area (Å²) in [6.45, 7) is 1.57. The van der Waals surface area contributed by atoms with Crippen LogP contribution in [0.15, 0.2) is 53.0 Å². The summed E-state index contributed by atoms with van der Waals surface area (Å²) in [6, 6.07) is 15.1. The van der Waals surface area contributed by atoms with E-state index in [0.717, 1.165) is 45.6 Å². The molecule has 3 aromatic rings. The van der Waals surface area contributed by atoms with Gasteiger partial charge in [-0.1, -0.05) is 51.3 Å². The van der Waals surface area contributed by atoms with Crippen LogP contribution in [-0.2, 0) is 19.6 Å². The van der Waals surface area contributed by atoms with Crippen LogP contribution in [-0.4, -0.2) is 27.9 Å². The normalized spacial score (nSPS) is 10.7. The summed E-state index contributed by atoms with van der Waals surface area (Å²) in [4.78, 5) is 0. The highest BCUT2D eigenvalue weighted by atomic mass is 79.9. The van der Waals surface area contributed by atoms with Gasteiger partial charge in [0.15, 0.2) is 23.0 Å². The van der Waals surface area contributed by atoms with E-state index in [9.17, 15) is 0 Å². The Hall–Kier alpha value is -2.12. The number of halogens is 3. The first-order chi connectivity index (χ1) is 16.0. The molecule has 0 aromatic heterocycles. The van der Waals surface area contributed by atoms with E-state index in [1.807, 2.05) is 36.4 Å². The molecule has 8 heteroatoms. The van der Waals surface area contributed by atoms with Gasteiger partial charge < -0.3 is 24.3 Å². The summed E-state index contributed by atoms with van der Waals surface area (Å²) in [6.07, 6.45) is 0.827. The van der Waals surface area contributed by atoms with Crippen molar-refractivity contribution in [1.29, 1.82) is 0 Å². The second-order valence-electron chi connectivity index (χ2n) is 7.16. The fraction of sp³-hybridized carbons (Fsp3) is 0.280. The SMILES string of the molecule is COc1ccc(CCNCc2c(Br)ccc(OC)c2OCc2c(Cl)cccc2Cl)cc1OC. The van der Waals surface area contributed by atoms with Crippen LogP contribution in [0.3, 0.4) is 0 Å². The van der Waals surface area contributed by atoms with Crippen molar-refractivity contribution in [2.45, 2.75) is 19.6 Å². The molecule has 0 heterocycles. The van der Waals surface area contributed by atoms with Crippen LogP contribution in [0, 0.1) is 0 Å². The number of nitrogens with one attached hydrogen (secondary N) is 1. The predicted octanol–water partition coefficient (Wildman–Crippen LogP) is 6.69. The number of methoxy groups -OCH3 is 3. The van der Waals surface area contributed by atoms with Gasteiger partial charge in [0.05, 0.1) is 21.3 Å². The molecule has 0 radical (unpaired) electrons. The fourth-order valence-corrected chi connectivity index (χ4v) is 4.32. The molecule has 176 valence electrons. The molecule has 5 nitrogen and oxygen atoms in total. The van der Waals surface area contributed by atoms with Gasteiger partial charge in [0.2, 0.25) is 0 Å². The Kier molecular flexibility index (Phi) is 9.56. The average Bonchev–Trinajstić information content (AvgIpc) is 2.82. The minimum Gasteiger partial charge on any atom is -0.493 e. The number of hydrogen-bond acceptors (Lipinski definition) is 5. The topological polar surface area (TPSA) is 49.0 Å². The third-order valence-electron chi connectivity index (χ3n) is 5.15. The Labute approximate surface area is 213 Å². The van der Waals surface area contributed by atoms with Crippen LogP contribution in [0.5, 0.6) is 23.0 Å². The molecule has 0 aliphatic carbocycles. The zero-order chi connectivity index (χ0) is 23.8. The molecule has 3 rings (SSSR count). The van der Waals surface area contributed by atoms with Crippen molar-refractivity contribution >= 4 is 39.1 Å². The predicted molar refractivity (Wildman–Crippen MR) is 136 cm³/mol. The Morgan fingerprint density at radius 1 is 0.818 bits per heavy atom. The first kappa shape index (κ1) is 25.5. The maximum atomic E-state index is 6.31. The van der Waals surface area contributed by atoms with Crippen molar-refractivity contribution in [2.75, 3.05) is 27.9 Å². The molecule has 0 fully saturated rings. The van der Waals surface area contributed by atoms with Gasteiger partial charge in [-0.15, -0.1) is 0 Å². The lowest BCUT2D eigenvalue weighted by molar-refractivity contribution is 0.280. The number of rotatable bonds is 11. The molecule has 0 atom stereocenters. The summed E-state index contributed by atoms with van der Waals surface area (Å²) in [5.41, 5.74) is 2.83. The van der Waals surface area contributed by atoms with Crippen LogP contribution in [0.25, 0.3) is 0 Å². The first-order valence-corrected chi connectivity index (χ1v) is 11.9. The Morgan fingerprint density at radius 2 is 1.48 bits per heavy atom. The van der Waals surface area contributed by atoms with E-state index in [4.69, 9.17) is 42.1 Å². The summed E-state index contributed by atoms with van der Waals surface area (Å²) >= 11 is 16.3. The van der Waals surface area contributed by atoms with Crippen LogP contribution >= 0.6 is 39.1 Å². The molecule has 0 unspecified atom stereocenters.